The van der Waals surface area contributed by atoms with Crippen molar-refractivity contribution in [3.05, 3.63) is 0 Å². The monoisotopic (exact) mass is 241 g/mol. The van der Waals surface area contributed by atoms with Crippen LogP contribution in [0.4, 0.5) is 0 Å². The van der Waals surface area contributed by atoms with Gasteiger partial charge in [-0.05, 0) is 44.6 Å². The second kappa shape index (κ2) is 6.36. The normalized spacial score (nSPS) is 33.6. The first kappa shape index (κ1) is 12.8. The molecule has 3 atom stereocenters. The van der Waals surface area contributed by atoms with E-state index in [1.165, 1.54) is 6.42 Å². The van der Waals surface area contributed by atoms with Crippen LogP contribution in [0.15, 0.2) is 0 Å². The molecule has 2 N–H and O–H groups in total. The van der Waals surface area contributed by atoms with E-state index in [9.17, 15) is 4.79 Å². The van der Waals surface area contributed by atoms with Gasteiger partial charge in [0, 0.05) is 6.61 Å². The third-order valence-electron chi connectivity index (χ3n) is 3.95. The molecular formula is C13H23NO3. The Hall–Kier alpha value is -0.610. The summed E-state index contributed by atoms with van der Waals surface area (Å²) in [5.74, 6) is 0.297. The summed E-state index contributed by atoms with van der Waals surface area (Å²) in [6.45, 7) is 1.82. The van der Waals surface area contributed by atoms with Gasteiger partial charge < -0.3 is 15.2 Å². The Bertz CT molecular complexity index is 251. The number of nitrogens with two attached hydrogens (primary N) is 1. The van der Waals surface area contributed by atoms with Gasteiger partial charge >= 0.3 is 5.97 Å². The lowest BCUT2D eigenvalue weighted by Crippen LogP contribution is -2.31. The fourth-order valence-corrected chi connectivity index (χ4v) is 2.85. The van der Waals surface area contributed by atoms with Crippen LogP contribution in [-0.4, -0.2) is 31.8 Å². The van der Waals surface area contributed by atoms with Crippen LogP contribution in [0.1, 0.15) is 38.5 Å². The van der Waals surface area contributed by atoms with Gasteiger partial charge in [-0.2, -0.15) is 0 Å². The minimum absolute atomic E-state index is 0.0311. The van der Waals surface area contributed by atoms with Gasteiger partial charge in [-0.15, -0.1) is 0 Å². The van der Waals surface area contributed by atoms with Crippen LogP contribution in [0.5, 0.6) is 0 Å². The first-order valence-electron chi connectivity index (χ1n) is 6.79. The molecule has 1 saturated carbocycles. The van der Waals surface area contributed by atoms with Crippen LogP contribution in [0.25, 0.3) is 0 Å². The largest absolute Gasteiger partial charge is 0.463 e. The van der Waals surface area contributed by atoms with Crippen molar-refractivity contribution in [1.29, 1.82) is 0 Å². The summed E-state index contributed by atoms with van der Waals surface area (Å²) < 4.78 is 10.9. The van der Waals surface area contributed by atoms with Gasteiger partial charge in [-0.3, -0.25) is 4.79 Å². The Morgan fingerprint density at radius 2 is 2.12 bits per heavy atom. The van der Waals surface area contributed by atoms with Gasteiger partial charge in [-0.25, -0.2) is 0 Å². The van der Waals surface area contributed by atoms with Crippen LogP contribution < -0.4 is 5.73 Å². The first-order chi connectivity index (χ1) is 8.31. The Morgan fingerprint density at radius 3 is 2.82 bits per heavy atom. The highest BCUT2D eigenvalue weighted by Crippen LogP contribution is 2.31. The molecule has 2 fully saturated rings. The lowest BCUT2D eigenvalue weighted by atomic mass is 9.96. The minimum Gasteiger partial charge on any atom is -0.463 e. The quantitative estimate of drug-likeness (QED) is 0.757. The van der Waals surface area contributed by atoms with Crippen LogP contribution in [0.2, 0.25) is 0 Å². The molecule has 2 rings (SSSR count). The molecule has 4 heteroatoms. The van der Waals surface area contributed by atoms with E-state index >= 15 is 0 Å². The zero-order valence-electron chi connectivity index (χ0n) is 10.4. The molecule has 1 saturated heterocycles. The van der Waals surface area contributed by atoms with E-state index in [1.807, 2.05) is 0 Å². The summed E-state index contributed by atoms with van der Waals surface area (Å²) in [6.07, 6.45) is 6.53. The molecule has 4 nitrogen and oxygen atoms in total. The summed E-state index contributed by atoms with van der Waals surface area (Å²) in [5, 5.41) is 0. The van der Waals surface area contributed by atoms with Crippen LogP contribution in [0, 0.1) is 11.8 Å². The van der Waals surface area contributed by atoms with E-state index in [4.69, 9.17) is 15.2 Å². The molecule has 0 aromatic carbocycles. The molecule has 2 aliphatic rings. The van der Waals surface area contributed by atoms with Gasteiger partial charge in [0.15, 0.2) is 0 Å². The average molecular weight is 241 g/mol. The van der Waals surface area contributed by atoms with E-state index in [-0.39, 0.29) is 18.0 Å². The second-order valence-electron chi connectivity index (χ2n) is 5.15. The highest BCUT2D eigenvalue weighted by atomic mass is 16.6. The van der Waals surface area contributed by atoms with Crippen LogP contribution in [-0.2, 0) is 14.3 Å². The SMILES string of the molecule is NCC1CCCC1C(=O)OCC1CCCCO1. The highest BCUT2D eigenvalue weighted by Gasteiger charge is 2.33. The van der Waals surface area contributed by atoms with E-state index in [2.05, 4.69) is 0 Å². The van der Waals surface area contributed by atoms with Crippen LogP contribution in [0.3, 0.4) is 0 Å². The summed E-state index contributed by atoms with van der Waals surface area (Å²) in [4.78, 5) is 11.9. The molecule has 98 valence electrons. The maximum Gasteiger partial charge on any atom is 0.309 e. The predicted octanol–water partition coefficient (Wildman–Crippen LogP) is 1.47. The topological polar surface area (TPSA) is 61.6 Å². The molecule has 0 radical (unpaired) electrons. The molecule has 1 aliphatic carbocycles. The second-order valence-corrected chi connectivity index (χ2v) is 5.15. The summed E-state index contributed by atoms with van der Waals surface area (Å²) in [7, 11) is 0. The zero-order valence-corrected chi connectivity index (χ0v) is 10.4. The molecule has 0 aromatic rings. The van der Waals surface area contributed by atoms with Crippen molar-refractivity contribution in [3.8, 4) is 0 Å². The Morgan fingerprint density at radius 1 is 1.24 bits per heavy atom. The molecular weight excluding hydrogens is 218 g/mol. The Labute approximate surface area is 103 Å². The molecule has 0 spiro atoms. The van der Waals surface area contributed by atoms with E-state index < -0.39 is 0 Å². The summed E-state index contributed by atoms with van der Waals surface area (Å²) in [5.41, 5.74) is 5.67. The maximum absolute atomic E-state index is 11.9. The average Bonchev–Trinajstić information content (AvgIpc) is 2.85. The fourth-order valence-electron chi connectivity index (χ4n) is 2.85. The molecule has 0 bridgehead atoms. The Balaban J connectivity index is 1.72. The molecule has 17 heavy (non-hydrogen) atoms. The number of esters is 1. The fraction of sp³-hybridized carbons (Fsp3) is 0.923. The predicted molar refractivity (Wildman–Crippen MR) is 64.4 cm³/mol. The third-order valence-corrected chi connectivity index (χ3v) is 3.95. The lowest BCUT2D eigenvalue weighted by Gasteiger charge is -2.23. The van der Waals surface area contributed by atoms with Crippen molar-refractivity contribution in [2.45, 2.75) is 44.6 Å². The van der Waals surface area contributed by atoms with Gasteiger partial charge in [0.1, 0.15) is 6.61 Å². The molecule has 1 heterocycles. The van der Waals surface area contributed by atoms with Crippen molar-refractivity contribution >= 4 is 5.97 Å². The van der Waals surface area contributed by atoms with E-state index in [1.54, 1.807) is 0 Å². The lowest BCUT2D eigenvalue weighted by molar-refractivity contribution is -0.155. The molecule has 0 aromatic heterocycles. The van der Waals surface area contributed by atoms with E-state index in [0.717, 1.165) is 38.7 Å². The van der Waals surface area contributed by atoms with Crippen molar-refractivity contribution in [2.24, 2.45) is 17.6 Å². The molecule has 3 unspecified atom stereocenters. The minimum atomic E-state index is -0.0628. The molecule has 1 aliphatic heterocycles. The number of carbonyl (C=O) groups excluding carboxylic acids is 1. The van der Waals surface area contributed by atoms with Crippen molar-refractivity contribution in [2.75, 3.05) is 19.8 Å². The number of rotatable bonds is 4. The molecule has 0 amide bonds. The van der Waals surface area contributed by atoms with Gasteiger partial charge in [0.2, 0.25) is 0 Å². The van der Waals surface area contributed by atoms with Crippen molar-refractivity contribution in [1.82, 2.24) is 0 Å². The van der Waals surface area contributed by atoms with Gasteiger partial charge in [0.25, 0.3) is 0 Å². The third kappa shape index (κ3) is 3.42. The van der Waals surface area contributed by atoms with E-state index in [0.29, 0.717) is 19.1 Å². The standard InChI is InChI=1S/C13H23NO3/c14-8-10-4-3-6-12(10)13(15)17-9-11-5-1-2-7-16-11/h10-12H,1-9,14H2. The van der Waals surface area contributed by atoms with Crippen molar-refractivity contribution < 1.29 is 14.3 Å². The maximum atomic E-state index is 11.9. The zero-order chi connectivity index (χ0) is 12.1. The Kier molecular flexibility index (Phi) is 4.80. The van der Waals surface area contributed by atoms with Crippen molar-refractivity contribution in [3.63, 3.8) is 0 Å². The smallest absolute Gasteiger partial charge is 0.309 e. The van der Waals surface area contributed by atoms with Gasteiger partial charge in [0.05, 0.1) is 12.0 Å². The van der Waals surface area contributed by atoms with Crippen LogP contribution >= 0.6 is 0 Å². The summed E-state index contributed by atoms with van der Waals surface area (Å²) in [6, 6.07) is 0. The number of hydrogen-bond donors (Lipinski definition) is 1. The first-order valence-corrected chi connectivity index (χ1v) is 6.79. The number of ether oxygens (including phenoxy) is 2. The van der Waals surface area contributed by atoms with Gasteiger partial charge in [-0.1, -0.05) is 6.42 Å². The number of carbonyl (C=O) groups is 1. The highest BCUT2D eigenvalue weighted by molar-refractivity contribution is 5.73. The summed E-state index contributed by atoms with van der Waals surface area (Å²) >= 11 is 0. The number of hydrogen-bond acceptors (Lipinski definition) is 4.